The number of nitrogens with zero attached hydrogens (tertiary/aromatic N) is 1. The topological polar surface area (TPSA) is 69.4 Å². The predicted molar refractivity (Wildman–Crippen MR) is 60.5 cm³/mol. The molecule has 0 spiro atoms. The molecule has 0 atom stereocenters. The molecule has 0 aliphatic carbocycles. The summed E-state index contributed by atoms with van der Waals surface area (Å²) >= 11 is 1.22. The van der Waals surface area contributed by atoms with Crippen LogP contribution in [0.3, 0.4) is 0 Å². The average molecular weight is 241 g/mol. The number of carbonyl (C=O) groups excluding carboxylic acids is 1. The Bertz CT molecular complexity index is 394. The Labute approximate surface area is 96.9 Å². The molecule has 0 N–H and O–H groups in total. The molecule has 0 saturated carbocycles. The van der Waals surface area contributed by atoms with E-state index in [1.807, 2.05) is 0 Å². The van der Waals surface area contributed by atoms with Gasteiger partial charge in [-0.05, 0) is 13.0 Å². The first kappa shape index (κ1) is 12.5. The van der Waals surface area contributed by atoms with Crippen molar-refractivity contribution in [2.45, 2.75) is 11.8 Å². The summed E-state index contributed by atoms with van der Waals surface area (Å²) in [6.45, 7) is 2.07. The first-order valence-electron chi connectivity index (χ1n) is 4.66. The van der Waals surface area contributed by atoms with Crippen molar-refractivity contribution in [3.8, 4) is 0 Å². The van der Waals surface area contributed by atoms with E-state index in [9.17, 15) is 14.9 Å². The minimum Gasteiger partial charge on any atom is -0.465 e. The average Bonchev–Trinajstić information content (AvgIpc) is 2.27. The van der Waals surface area contributed by atoms with E-state index < -0.39 is 4.92 Å². The maximum Gasteiger partial charge on any atom is 0.316 e. The van der Waals surface area contributed by atoms with Crippen LogP contribution in [0.4, 0.5) is 5.69 Å². The van der Waals surface area contributed by atoms with Gasteiger partial charge in [0.25, 0.3) is 5.69 Å². The highest BCUT2D eigenvalue weighted by atomic mass is 32.2. The Balaban J connectivity index is 2.57. The van der Waals surface area contributed by atoms with Crippen molar-refractivity contribution in [3.05, 3.63) is 34.4 Å². The van der Waals surface area contributed by atoms with Crippen LogP contribution in [0.15, 0.2) is 29.2 Å². The molecule has 5 nitrogen and oxygen atoms in total. The van der Waals surface area contributed by atoms with Crippen molar-refractivity contribution in [1.29, 1.82) is 0 Å². The van der Waals surface area contributed by atoms with Gasteiger partial charge in [-0.15, -0.1) is 11.8 Å². The van der Waals surface area contributed by atoms with Crippen molar-refractivity contribution in [3.63, 3.8) is 0 Å². The zero-order valence-electron chi connectivity index (χ0n) is 8.71. The molecule has 0 heterocycles. The quantitative estimate of drug-likeness (QED) is 0.342. The first-order valence-corrected chi connectivity index (χ1v) is 5.65. The lowest BCUT2D eigenvalue weighted by Crippen LogP contribution is -2.06. The zero-order chi connectivity index (χ0) is 12.0. The van der Waals surface area contributed by atoms with Gasteiger partial charge < -0.3 is 4.74 Å². The molecule has 16 heavy (non-hydrogen) atoms. The van der Waals surface area contributed by atoms with Gasteiger partial charge in [0.1, 0.15) is 0 Å². The standard InChI is InChI=1S/C10H11NO4S/c1-2-15-10(12)7-16-9-5-3-4-8(6-9)11(13)14/h3-6H,2,7H2,1H3. The lowest BCUT2D eigenvalue weighted by molar-refractivity contribution is -0.385. The van der Waals surface area contributed by atoms with Gasteiger partial charge in [-0.3, -0.25) is 14.9 Å². The van der Waals surface area contributed by atoms with Crippen LogP contribution in [-0.4, -0.2) is 23.3 Å². The molecule has 0 aliphatic heterocycles. The number of nitro benzene ring substituents is 1. The van der Waals surface area contributed by atoms with Gasteiger partial charge in [0.15, 0.2) is 0 Å². The number of benzene rings is 1. The summed E-state index contributed by atoms with van der Waals surface area (Å²) in [5, 5.41) is 10.5. The largest absolute Gasteiger partial charge is 0.465 e. The second-order valence-corrected chi connectivity index (χ2v) is 3.90. The molecule has 1 rings (SSSR count). The van der Waals surface area contributed by atoms with Crippen LogP contribution < -0.4 is 0 Å². The fraction of sp³-hybridized carbons (Fsp3) is 0.300. The Kier molecular flexibility index (Phi) is 4.78. The first-order chi connectivity index (χ1) is 7.63. The fourth-order valence-corrected chi connectivity index (χ4v) is 1.78. The molecular weight excluding hydrogens is 230 g/mol. The van der Waals surface area contributed by atoms with Gasteiger partial charge in [-0.1, -0.05) is 6.07 Å². The van der Waals surface area contributed by atoms with Gasteiger partial charge in [-0.2, -0.15) is 0 Å². The van der Waals surface area contributed by atoms with E-state index in [0.29, 0.717) is 11.5 Å². The van der Waals surface area contributed by atoms with Crippen molar-refractivity contribution >= 4 is 23.4 Å². The fourth-order valence-electron chi connectivity index (χ4n) is 1.03. The van der Waals surface area contributed by atoms with Crippen LogP contribution in [0.25, 0.3) is 0 Å². The summed E-state index contributed by atoms with van der Waals surface area (Å²) in [6, 6.07) is 6.15. The number of hydrogen-bond acceptors (Lipinski definition) is 5. The van der Waals surface area contributed by atoms with Gasteiger partial charge >= 0.3 is 5.97 Å². The van der Waals surface area contributed by atoms with Crippen LogP contribution in [0.5, 0.6) is 0 Å². The lowest BCUT2D eigenvalue weighted by Gasteiger charge is -2.01. The third-order valence-corrected chi connectivity index (χ3v) is 2.66. The normalized spacial score (nSPS) is 9.81. The number of esters is 1. The Morgan fingerprint density at radius 2 is 2.31 bits per heavy atom. The summed E-state index contributed by atoms with van der Waals surface area (Å²) in [5.74, 6) is -0.159. The number of nitro groups is 1. The monoisotopic (exact) mass is 241 g/mol. The number of carbonyl (C=O) groups is 1. The molecular formula is C10H11NO4S. The molecule has 0 bridgehead atoms. The minimum atomic E-state index is -0.464. The summed E-state index contributed by atoms with van der Waals surface area (Å²) in [6.07, 6.45) is 0. The highest BCUT2D eigenvalue weighted by Gasteiger charge is 2.08. The van der Waals surface area contributed by atoms with Crippen molar-refractivity contribution in [2.24, 2.45) is 0 Å². The smallest absolute Gasteiger partial charge is 0.316 e. The number of ether oxygens (including phenoxy) is 1. The van der Waals surface area contributed by atoms with E-state index in [1.165, 1.54) is 23.9 Å². The van der Waals surface area contributed by atoms with Crippen molar-refractivity contribution in [2.75, 3.05) is 12.4 Å². The van der Waals surface area contributed by atoms with E-state index in [1.54, 1.807) is 19.1 Å². The van der Waals surface area contributed by atoms with Crippen LogP contribution in [0.2, 0.25) is 0 Å². The molecule has 0 saturated heterocycles. The summed E-state index contributed by atoms with van der Waals surface area (Å²) in [7, 11) is 0. The second kappa shape index (κ2) is 6.12. The van der Waals surface area contributed by atoms with Crippen molar-refractivity contribution in [1.82, 2.24) is 0 Å². The van der Waals surface area contributed by atoms with E-state index >= 15 is 0 Å². The summed E-state index contributed by atoms with van der Waals surface area (Å²) in [5.41, 5.74) is 0.0221. The highest BCUT2D eigenvalue weighted by Crippen LogP contribution is 2.22. The molecule has 6 heteroatoms. The molecule has 1 aromatic rings. The van der Waals surface area contributed by atoms with Crippen molar-refractivity contribution < 1.29 is 14.5 Å². The van der Waals surface area contributed by atoms with E-state index in [0.717, 1.165) is 0 Å². The van der Waals surface area contributed by atoms with Crippen LogP contribution >= 0.6 is 11.8 Å². The van der Waals surface area contributed by atoms with Crippen LogP contribution in [0, 0.1) is 10.1 Å². The minimum absolute atomic E-state index is 0.0221. The van der Waals surface area contributed by atoms with Gasteiger partial charge in [0.2, 0.25) is 0 Å². The Hall–Kier alpha value is -1.56. The third kappa shape index (κ3) is 3.90. The van der Waals surface area contributed by atoms with Gasteiger partial charge in [0.05, 0.1) is 17.3 Å². The molecule has 86 valence electrons. The molecule has 1 aromatic carbocycles. The number of hydrogen-bond donors (Lipinski definition) is 0. The predicted octanol–water partition coefficient (Wildman–Crippen LogP) is 2.25. The summed E-state index contributed by atoms with van der Waals surface area (Å²) < 4.78 is 4.75. The zero-order valence-corrected chi connectivity index (χ0v) is 9.53. The lowest BCUT2D eigenvalue weighted by atomic mass is 10.3. The molecule has 0 fully saturated rings. The molecule has 0 radical (unpaired) electrons. The molecule has 0 aromatic heterocycles. The third-order valence-electron chi connectivity index (χ3n) is 1.69. The second-order valence-electron chi connectivity index (χ2n) is 2.85. The number of thioether (sulfide) groups is 1. The van der Waals surface area contributed by atoms with Crippen LogP contribution in [0.1, 0.15) is 6.92 Å². The van der Waals surface area contributed by atoms with E-state index in [-0.39, 0.29) is 17.4 Å². The van der Waals surface area contributed by atoms with Gasteiger partial charge in [0, 0.05) is 17.0 Å². The maximum atomic E-state index is 11.1. The molecule has 0 unspecified atom stereocenters. The maximum absolute atomic E-state index is 11.1. The Morgan fingerprint density at radius 3 is 2.94 bits per heavy atom. The van der Waals surface area contributed by atoms with Crippen LogP contribution in [-0.2, 0) is 9.53 Å². The SMILES string of the molecule is CCOC(=O)CSc1cccc([N+](=O)[O-])c1. The number of non-ortho nitro benzene ring substituents is 1. The van der Waals surface area contributed by atoms with Gasteiger partial charge in [-0.25, -0.2) is 0 Å². The number of rotatable bonds is 5. The molecule has 0 aliphatic rings. The summed E-state index contributed by atoms with van der Waals surface area (Å²) in [4.78, 5) is 21.8. The van der Waals surface area contributed by atoms with E-state index in [2.05, 4.69) is 0 Å². The van der Waals surface area contributed by atoms with E-state index in [4.69, 9.17) is 4.74 Å². The Morgan fingerprint density at radius 1 is 1.56 bits per heavy atom. The molecule has 0 amide bonds. The highest BCUT2D eigenvalue weighted by molar-refractivity contribution is 8.00.